The lowest BCUT2D eigenvalue weighted by Gasteiger charge is -2.02. The first-order valence-electron chi connectivity index (χ1n) is 6.38. The number of benzene rings is 1. The minimum atomic E-state index is -0.914. The number of hydrogen-bond donors (Lipinski definition) is 1. The SMILES string of the molecule is Cc1ccc(-c2nc(CC(C)C)c(C(=O)O)s2)cc1Cl. The number of aromatic carboxylic acids is 1. The van der Waals surface area contributed by atoms with Gasteiger partial charge in [0.15, 0.2) is 0 Å². The predicted octanol–water partition coefficient (Wildman–Crippen LogP) is 4.67. The molecule has 0 unspecified atom stereocenters. The summed E-state index contributed by atoms with van der Waals surface area (Å²) in [5.74, 6) is -0.549. The summed E-state index contributed by atoms with van der Waals surface area (Å²) in [6.07, 6.45) is 0.664. The van der Waals surface area contributed by atoms with E-state index in [-0.39, 0.29) is 0 Å². The second kappa shape index (κ2) is 5.94. The van der Waals surface area contributed by atoms with Crippen LogP contribution in [0.3, 0.4) is 0 Å². The van der Waals surface area contributed by atoms with Crippen LogP contribution in [-0.4, -0.2) is 16.1 Å². The van der Waals surface area contributed by atoms with E-state index in [0.717, 1.165) is 11.1 Å². The molecule has 0 aliphatic heterocycles. The first-order chi connectivity index (χ1) is 9.38. The number of carbonyl (C=O) groups is 1. The quantitative estimate of drug-likeness (QED) is 0.893. The molecule has 0 amide bonds. The van der Waals surface area contributed by atoms with Gasteiger partial charge in [-0.3, -0.25) is 0 Å². The van der Waals surface area contributed by atoms with Crippen LogP contribution in [0.4, 0.5) is 0 Å². The number of nitrogens with zero attached hydrogens (tertiary/aromatic N) is 1. The van der Waals surface area contributed by atoms with Gasteiger partial charge >= 0.3 is 5.97 Å². The zero-order valence-corrected chi connectivity index (χ0v) is 13.2. The Labute approximate surface area is 127 Å². The predicted molar refractivity (Wildman–Crippen MR) is 82.8 cm³/mol. The van der Waals surface area contributed by atoms with Gasteiger partial charge in [-0.2, -0.15) is 0 Å². The molecule has 106 valence electrons. The van der Waals surface area contributed by atoms with E-state index >= 15 is 0 Å². The summed E-state index contributed by atoms with van der Waals surface area (Å²) in [5.41, 5.74) is 2.51. The van der Waals surface area contributed by atoms with E-state index in [9.17, 15) is 9.90 Å². The monoisotopic (exact) mass is 309 g/mol. The highest BCUT2D eigenvalue weighted by Gasteiger charge is 2.19. The van der Waals surface area contributed by atoms with E-state index in [2.05, 4.69) is 4.98 Å². The molecule has 0 spiro atoms. The number of halogens is 1. The van der Waals surface area contributed by atoms with Crippen LogP contribution in [0.5, 0.6) is 0 Å². The van der Waals surface area contributed by atoms with Gasteiger partial charge in [0.25, 0.3) is 0 Å². The molecule has 0 bridgehead atoms. The van der Waals surface area contributed by atoms with Crippen molar-refractivity contribution >= 4 is 28.9 Å². The maximum absolute atomic E-state index is 11.3. The Hall–Kier alpha value is -1.39. The largest absolute Gasteiger partial charge is 0.477 e. The van der Waals surface area contributed by atoms with Crippen LogP contribution in [0.15, 0.2) is 18.2 Å². The number of carboxylic acid groups (broad SMARTS) is 1. The van der Waals surface area contributed by atoms with E-state index in [1.165, 1.54) is 11.3 Å². The second-order valence-electron chi connectivity index (χ2n) is 5.16. The van der Waals surface area contributed by atoms with Crippen LogP contribution < -0.4 is 0 Å². The molecule has 2 rings (SSSR count). The summed E-state index contributed by atoms with van der Waals surface area (Å²) in [6.45, 7) is 6.03. The molecule has 1 heterocycles. The molecule has 0 aliphatic carbocycles. The standard InChI is InChI=1S/C15H16ClNO2S/c1-8(2)6-12-13(15(18)19)20-14(17-12)10-5-4-9(3)11(16)7-10/h4-5,7-8H,6H2,1-3H3,(H,18,19). The Balaban J connectivity index is 2.46. The van der Waals surface area contributed by atoms with Crippen molar-refractivity contribution in [2.45, 2.75) is 27.2 Å². The van der Waals surface area contributed by atoms with Crippen LogP contribution in [-0.2, 0) is 6.42 Å². The van der Waals surface area contributed by atoms with Crippen molar-refractivity contribution in [3.63, 3.8) is 0 Å². The van der Waals surface area contributed by atoms with Crippen LogP contribution in [0, 0.1) is 12.8 Å². The highest BCUT2D eigenvalue weighted by atomic mass is 35.5. The van der Waals surface area contributed by atoms with Crippen LogP contribution in [0.2, 0.25) is 5.02 Å². The average Bonchev–Trinajstić information content (AvgIpc) is 2.76. The summed E-state index contributed by atoms with van der Waals surface area (Å²) in [7, 11) is 0. The fourth-order valence-electron chi connectivity index (χ4n) is 1.89. The molecule has 0 radical (unpaired) electrons. The summed E-state index contributed by atoms with van der Waals surface area (Å²) in [4.78, 5) is 16.1. The molecule has 0 saturated heterocycles. The minimum Gasteiger partial charge on any atom is -0.477 e. The summed E-state index contributed by atoms with van der Waals surface area (Å²) < 4.78 is 0. The first kappa shape index (κ1) is 15.0. The number of hydrogen-bond acceptors (Lipinski definition) is 3. The van der Waals surface area contributed by atoms with E-state index in [1.54, 1.807) is 0 Å². The maximum atomic E-state index is 11.3. The van der Waals surface area contributed by atoms with Gasteiger partial charge in [-0.25, -0.2) is 9.78 Å². The fourth-order valence-corrected chi connectivity index (χ4v) is 3.00. The van der Waals surface area contributed by atoms with Crippen LogP contribution in [0.1, 0.15) is 34.8 Å². The highest BCUT2D eigenvalue weighted by molar-refractivity contribution is 7.17. The molecule has 1 aromatic heterocycles. The zero-order chi connectivity index (χ0) is 14.9. The number of aromatic nitrogens is 1. The van der Waals surface area contributed by atoms with Gasteiger partial charge < -0.3 is 5.11 Å². The third-order valence-electron chi connectivity index (χ3n) is 2.91. The maximum Gasteiger partial charge on any atom is 0.347 e. The van der Waals surface area contributed by atoms with Gasteiger partial charge in [0.05, 0.1) is 5.69 Å². The van der Waals surface area contributed by atoms with E-state index in [4.69, 9.17) is 11.6 Å². The van der Waals surface area contributed by atoms with Gasteiger partial charge in [0.1, 0.15) is 9.88 Å². The van der Waals surface area contributed by atoms with Crippen molar-refractivity contribution in [2.24, 2.45) is 5.92 Å². The molecular formula is C15H16ClNO2S. The Kier molecular flexibility index (Phi) is 4.45. The molecule has 5 heteroatoms. The lowest BCUT2D eigenvalue weighted by atomic mass is 10.1. The van der Waals surface area contributed by atoms with Crippen molar-refractivity contribution in [2.75, 3.05) is 0 Å². The third kappa shape index (κ3) is 3.19. The lowest BCUT2D eigenvalue weighted by molar-refractivity contribution is 0.0700. The van der Waals surface area contributed by atoms with Gasteiger partial charge in [-0.1, -0.05) is 37.6 Å². The van der Waals surface area contributed by atoms with Crippen LogP contribution >= 0.6 is 22.9 Å². The summed E-state index contributed by atoms with van der Waals surface area (Å²) in [6, 6.07) is 5.67. The summed E-state index contributed by atoms with van der Waals surface area (Å²) in [5, 5.41) is 10.7. The van der Waals surface area contributed by atoms with Gasteiger partial charge in [0, 0.05) is 10.6 Å². The Morgan fingerprint density at radius 2 is 2.15 bits per heavy atom. The molecule has 0 aliphatic rings. The normalized spacial score (nSPS) is 11.1. The van der Waals surface area contributed by atoms with Crippen molar-refractivity contribution in [1.29, 1.82) is 0 Å². The molecule has 0 saturated carbocycles. The van der Waals surface area contributed by atoms with E-state index < -0.39 is 5.97 Å². The van der Waals surface area contributed by atoms with Crippen molar-refractivity contribution in [3.8, 4) is 10.6 Å². The molecule has 1 N–H and O–H groups in total. The van der Waals surface area contributed by atoms with Crippen molar-refractivity contribution in [3.05, 3.63) is 39.4 Å². The van der Waals surface area contributed by atoms with E-state index in [1.807, 2.05) is 39.0 Å². The van der Waals surface area contributed by atoms with Gasteiger partial charge in [-0.05, 0) is 30.9 Å². The number of rotatable bonds is 4. The number of carboxylic acids is 1. The molecular weight excluding hydrogens is 294 g/mol. The molecule has 0 atom stereocenters. The Bertz CT molecular complexity index is 649. The molecule has 3 nitrogen and oxygen atoms in total. The molecule has 20 heavy (non-hydrogen) atoms. The summed E-state index contributed by atoms with van der Waals surface area (Å²) >= 11 is 7.33. The smallest absolute Gasteiger partial charge is 0.347 e. The molecule has 2 aromatic rings. The number of aryl methyl sites for hydroxylation is 1. The topological polar surface area (TPSA) is 50.2 Å². The third-order valence-corrected chi connectivity index (χ3v) is 4.45. The van der Waals surface area contributed by atoms with Crippen LogP contribution in [0.25, 0.3) is 10.6 Å². The van der Waals surface area contributed by atoms with Crippen molar-refractivity contribution < 1.29 is 9.90 Å². The zero-order valence-electron chi connectivity index (χ0n) is 11.6. The molecule has 0 fully saturated rings. The fraction of sp³-hybridized carbons (Fsp3) is 0.333. The number of thiazole rings is 1. The van der Waals surface area contributed by atoms with Gasteiger partial charge in [0.2, 0.25) is 0 Å². The Morgan fingerprint density at radius 1 is 1.45 bits per heavy atom. The minimum absolute atomic E-state index is 0.324. The first-order valence-corrected chi connectivity index (χ1v) is 7.57. The second-order valence-corrected chi connectivity index (χ2v) is 6.57. The highest BCUT2D eigenvalue weighted by Crippen LogP contribution is 2.31. The van der Waals surface area contributed by atoms with Gasteiger partial charge in [-0.15, -0.1) is 11.3 Å². The Morgan fingerprint density at radius 3 is 2.70 bits per heavy atom. The van der Waals surface area contributed by atoms with Crippen molar-refractivity contribution in [1.82, 2.24) is 4.98 Å². The molecule has 1 aromatic carbocycles. The van der Waals surface area contributed by atoms with E-state index in [0.29, 0.717) is 32.9 Å². The lowest BCUT2D eigenvalue weighted by Crippen LogP contribution is -2.02. The average molecular weight is 310 g/mol.